The van der Waals surface area contributed by atoms with Gasteiger partial charge in [-0.2, -0.15) is 4.31 Å². The number of urea groups is 1. The smallest absolute Gasteiger partial charge is 0.326 e. The van der Waals surface area contributed by atoms with Crippen molar-refractivity contribution in [3.05, 3.63) is 83.0 Å². The molecule has 1 aliphatic carbocycles. The molecule has 1 atom stereocenters. The van der Waals surface area contributed by atoms with E-state index in [0.29, 0.717) is 50.6 Å². The highest BCUT2D eigenvalue weighted by atomic mass is 35.5. The molecule has 1 unspecified atom stereocenters. The third-order valence-electron chi connectivity index (χ3n) is 6.58. The molecule has 7 nitrogen and oxygen atoms in total. The van der Waals surface area contributed by atoms with Gasteiger partial charge in [0.1, 0.15) is 0 Å². The van der Waals surface area contributed by atoms with Crippen molar-refractivity contribution in [3.63, 3.8) is 0 Å². The fourth-order valence-electron chi connectivity index (χ4n) is 4.78. The number of anilines is 2. The number of carbonyl (C=O) groups is 1. The van der Waals surface area contributed by atoms with Gasteiger partial charge >= 0.3 is 6.03 Å². The fourth-order valence-corrected chi connectivity index (χ4v) is 6.70. The molecule has 178 valence electrons. The van der Waals surface area contributed by atoms with Crippen molar-refractivity contribution in [2.24, 2.45) is 0 Å². The molecule has 0 saturated carbocycles. The molecule has 2 aliphatic heterocycles. The molecule has 0 aromatic heterocycles. The Bertz CT molecular complexity index is 1240. The quantitative estimate of drug-likeness (QED) is 0.681. The van der Waals surface area contributed by atoms with Crippen LogP contribution in [0.1, 0.15) is 12.8 Å². The molecule has 2 amide bonds. The number of benzene rings is 2. The molecular formula is C25H27ClN4O3S. The number of halogens is 1. The van der Waals surface area contributed by atoms with Gasteiger partial charge in [0.15, 0.2) is 0 Å². The van der Waals surface area contributed by atoms with E-state index in [1.54, 1.807) is 9.21 Å². The summed E-state index contributed by atoms with van der Waals surface area (Å²) < 4.78 is 28.4. The lowest BCUT2D eigenvalue weighted by Gasteiger charge is -2.37. The average molecular weight is 499 g/mol. The number of fused-ring (bicyclic) bond motifs is 1. The highest BCUT2D eigenvalue weighted by Gasteiger charge is 2.37. The topological polar surface area (TPSA) is 73.0 Å². The number of hydrogen-bond acceptors (Lipinski definition) is 4. The molecule has 0 radical (unpaired) electrons. The third-order valence-corrected chi connectivity index (χ3v) is 8.99. The monoisotopic (exact) mass is 498 g/mol. The van der Waals surface area contributed by atoms with Crippen molar-refractivity contribution in [1.29, 1.82) is 0 Å². The Hall–Kier alpha value is -2.81. The van der Waals surface area contributed by atoms with Crippen LogP contribution in [-0.2, 0) is 10.0 Å². The lowest BCUT2D eigenvalue weighted by molar-refractivity contribution is 0.230. The number of rotatable bonds is 4. The highest BCUT2D eigenvalue weighted by molar-refractivity contribution is 7.89. The lowest BCUT2D eigenvalue weighted by atomic mass is 10.0. The molecule has 1 N–H and O–H groups in total. The second-order valence-corrected chi connectivity index (χ2v) is 11.3. The number of sulfonamides is 1. The minimum absolute atomic E-state index is 0.195. The van der Waals surface area contributed by atoms with E-state index < -0.39 is 15.3 Å². The summed E-state index contributed by atoms with van der Waals surface area (Å²) in [5, 5.41) is 2.99. The summed E-state index contributed by atoms with van der Waals surface area (Å²) in [6, 6.07) is 16.8. The van der Waals surface area contributed by atoms with Crippen LogP contribution in [0.5, 0.6) is 0 Å². The predicted molar refractivity (Wildman–Crippen MR) is 136 cm³/mol. The summed E-state index contributed by atoms with van der Waals surface area (Å²) in [6.45, 7) is 2.67. The molecule has 2 heterocycles. The van der Waals surface area contributed by atoms with Crippen LogP contribution in [0.3, 0.4) is 0 Å². The number of nitrogens with zero attached hydrogens (tertiary/aromatic N) is 3. The Kier molecular flexibility index (Phi) is 6.38. The zero-order chi connectivity index (χ0) is 23.7. The van der Waals surface area contributed by atoms with Gasteiger partial charge in [-0.25, -0.2) is 13.2 Å². The minimum Gasteiger partial charge on any atom is -0.369 e. The normalized spacial score (nSPS) is 21.0. The van der Waals surface area contributed by atoms with E-state index >= 15 is 0 Å². The van der Waals surface area contributed by atoms with Gasteiger partial charge < -0.3 is 10.2 Å². The molecule has 9 heteroatoms. The number of allylic oxidation sites excluding steroid dienone is 2. The first-order chi connectivity index (χ1) is 16.4. The minimum atomic E-state index is -3.48. The van der Waals surface area contributed by atoms with Crippen LogP contribution in [0.2, 0.25) is 5.02 Å². The zero-order valence-electron chi connectivity index (χ0n) is 18.7. The molecule has 3 aliphatic rings. The second kappa shape index (κ2) is 9.44. The number of likely N-dealkylation sites (tertiary alicyclic amines) is 1. The maximum atomic E-state index is 13.4. The second-order valence-electron chi connectivity index (χ2n) is 8.66. The number of hydrogen-bond donors (Lipinski definition) is 1. The maximum Gasteiger partial charge on any atom is 0.326 e. The zero-order valence-corrected chi connectivity index (χ0v) is 20.3. The molecule has 2 aromatic rings. The first kappa shape index (κ1) is 23.0. The Labute approximate surface area is 205 Å². The van der Waals surface area contributed by atoms with Gasteiger partial charge in [0.05, 0.1) is 5.25 Å². The van der Waals surface area contributed by atoms with Gasteiger partial charge in [-0.3, -0.25) is 4.90 Å². The maximum absolute atomic E-state index is 13.4. The number of piperazine rings is 1. The summed E-state index contributed by atoms with van der Waals surface area (Å²) in [5.41, 5.74) is 3.50. The first-order valence-corrected chi connectivity index (χ1v) is 13.3. The number of carbonyl (C=O) groups excluding carboxylic acids is 1. The van der Waals surface area contributed by atoms with Crippen molar-refractivity contribution in [3.8, 4) is 0 Å². The molecule has 0 bridgehead atoms. The Balaban J connectivity index is 1.23. The van der Waals surface area contributed by atoms with Gasteiger partial charge in [-0.1, -0.05) is 48.0 Å². The third kappa shape index (κ3) is 4.58. The van der Waals surface area contributed by atoms with Crippen LogP contribution < -0.4 is 10.2 Å². The van der Waals surface area contributed by atoms with Crippen LogP contribution in [0.4, 0.5) is 16.2 Å². The number of amides is 2. The van der Waals surface area contributed by atoms with Crippen molar-refractivity contribution >= 4 is 39.0 Å². The van der Waals surface area contributed by atoms with E-state index in [-0.39, 0.29) is 6.03 Å². The molecule has 2 fully saturated rings. The predicted octanol–water partition coefficient (Wildman–Crippen LogP) is 4.31. The van der Waals surface area contributed by atoms with Gasteiger partial charge in [-0.15, -0.1) is 0 Å². The molecule has 0 spiro atoms. The molecule has 2 saturated heterocycles. The summed E-state index contributed by atoms with van der Waals surface area (Å²) in [5.74, 6) is 0. The average Bonchev–Trinajstić information content (AvgIpc) is 3.28. The van der Waals surface area contributed by atoms with Crippen LogP contribution in [-0.4, -0.2) is 61.6 Å². The Morgan fingerprint density at radius 2 is 1.74 bits per heavy atom. The molecule has 5 rings (SSSR count). The van der Waals surface area contributed by atoms with Crippen LogP contribution in [0.15, 0.2) is 78.0 Å². The van der Waals surface area contributed by atoms with Gasteiger partial charge in [-0.05, 0) is 48.7 Å². The molecule has 2 aromatic carbocycles. The number of para-hydroxylation sites is 1. The molecule has 34 heavy (non-hydrogen) atoms. The first-order valence-electron chi connectivity index (χ1n) is 11.5. The summed E-state index contributed by atoms with van der Waals surface area (Å²) in [4.78, 5) is 16.6. The van der Waals surface area contributed by atoms with E-state index in [9.17, 15) is 13.2 Å². The largest absolute Gasteiger partial charge is 0.369 e. The van der Waals surface area contributed by atoms with Crippen molar-refractivity contribution in [1.82, 2.24) is 9.21 Å². The van der Waals surface area contributed by atoms with Crippen molar-refractivity contribution in [2.75, 3.05) is 42.9 Å². The fraction of sp³-hybridized carbons (Fsp3) is 0.320. The lowest BCUT2D eigenvalue weighted by Crippen LogP contribution is -2.51. The van der Waals surface area contributed by atoms with Gasteiger partial charge in [0, 0.05) is 54.8 Å². The van der Waals surface area contributed by atoms with Crippen molar-refractivity contribution < 1.29 is 13.2 Å². The standard InChI is InChI=1S/C25H27ClN4O3S/c26-20-5-4-8-22(18-20)28-13-15-29(16-14-28)34(32,33)23-9-10-24-19(17-23)11-12-30(24)25(31)27-21-6-2-1-3-7-21/h1-8,10,17-18,23H,9,11-16H2,(H,27,31). The molecular weight excluding hydrogens is 472 g/mol. The van der Waals surface area contributed by atoms with E-state index in [1.165, 1.54) is 0 Å². The summed E-state index contributed by atoms with van der Waals surface area (Å²) in [7, 11) is -3.48. The van der Waals surface area contributed by atoms with E-state index in [0.717, 1.165) is 22.6 Å². The Morgan fingerprint density at radius 3 is 2.47 bits per heavy atom. The van der Waals surface area contributed by atoms with Crippen LogP contribution in [0.25, 0.3) is 0 Å². The van der Waals surface area contributed by atoms with Gasteiger partial charge in [0.25, 0.3) is 0 Å². The highest BCUT2D eigenvalue weighted by Crippen LogP contribution is 2.35. The van der Waals surface area contributed by atoms with Crippen LogP contribution >= 0.6 is 11.6 Å². The van der Waals surface area contributed by atoms with E-state index in [2.05, 4.69) is 10.2 Å². The van der Waals surface area contributed by atoms with Gasteiger partial charge in [0.2, 0.25) is 10.0 Å². The summed E-state index contributed by atoms with van der Waals surface area (Å²) in [6.07, 6.45) is 4.77. The number of nitrogens with one attached hydrogen (secondary N) is 1. The van der Waals surface area contributed by atoms with Crippen molar-refractivity contribution in [2.45, 2.75) is 18.1 Å². The van der Waals surface area contributed by atoms with E-state index in [1.807, 2.05) is 66.7 Å². The van der Waals surface area contributed by atoms with Crippen LogP contribution in [0, 0.1) is 0 Å². The summed E-state index contributed by atoms with van der Waals surface area (Å²) >= 11 is 6.11. The van der Waals surface area contributed by atoms with E-state index in [4.69, 9.17) is 11.6 Å². The Morgan fingerprint density at radius 1 is 0.971 bits per heavy atom. The SMILES string of the molecule is O=C(Nc1ccccc1)N1CCC2=CC(S(=O)(=O)N3CCN(c4cccc(Cl)c4)CC3)CC=C21.